The minimum atomic E-state index is -0.243. The highest BCUT2D eigenvalue weighted by atomic mass is 79.9. The summed E-state index contributed by atoms with van der Waals surface area (Å²) in [6, 6.07) is 5.22. The highest BCUT2D eigenvalue weighted by Crippen LogP contribution is 2.27. The van der Waals surface area contributed by atoms with Crippen molar-refractivity contribution in [3.05, 3.63) is 34.1 Å². The van der Waals surface area contributed by atoms with Gasteiger partial charge in [-0.1, -0.05) is 22.0 Å². The highest BCUT2D eigenvalue weighted by Gasteiger charge is 2.29. The van der Waals surface area contributed by atoms with Crippen LogP contribution in [0, 0.1) is 5.82 Å². The Morgan fingerprint density at radius 3 is 2.94 bits per heavy atom. The quantitative estimate of drug-likeness (QED) is 0.623. The molecule has 1 aliphatic rings. The summed E-state index contributed by atoms with van der Waals surface area (Å²) >= 11 is 7.74. The predicted molar refractivity (Wildman–Crippen MR) is 70.7 cm³/mol. The van der Waals surface area contributed by atoms with Gasteiger partial charge in [0.2, 0.25) is 0 Å². The van der Waals surface area contributed by atoms with Crippen LogP contribution in [-0.2, 0) is 11.3 Å². The molecule has 1 aromatic carbocycles. The number of aliphatic imine (C=N–C) groups is 1. The van der Waals surface area contributed by atoms with E-state index in [4.69, 9.17) is 4.74 Å². The average molecular weight is 316 g/mol. The minimum Gasteiger partial charge on any atom is -0.373 e. The second-order valence-corrected chi connectivity index (χ2v) is 5.11. The zero-order chi connectivity index (χ0) is 12.3. The Morgan fingerprint density at radius 1 is 1.53 bits per heavy atom. The van der Waals surface area contributed by atoms with Gasteiger partial charge in [0.05, 0.1) is 23.9 Å². The number of ether oxygens (including phenoxy) is 1. The number of benzene rings is 1. The van der Waals surface area contributed by atoms with E-state index in [1.807, 2.05) is 6.07 Å². The second kappa shape index (κ2) is 5.83. The summed E-state index contributed by atoms with van der Waals surface area (Å²) in [6.45, 7) is 0.303. The van der Waals surface area contributed by atoms with Gasteiger partial charge in [-0.15, -0.1) is 0 Å². The van der Waals surface area contributed by atoms with Gasteiger partial charge in [0.25, 0.3) is 0 Å². The number of thiocarbonyl (C=S) groups is 1. The lowest BCUT2D eigenvalue weighted by Gasteiger charge is -2.31. The molecular formula is C12H11BrFNOS. The lowest BCUT2D eigenvalue weighted by molar-refractivity contribution is -0.0192. The topological polar surface area (TPSA) is 21.6 Å². The van der Waals surface area contributed by atoms with Crippen LogP contribution in [0.5, 0.6) is 0 Å². The van der Waals surface area contributed by atoms with Gasteiger partial charge >= 0.3 is 0 Å². The molecule has 0 atom stereocenters. The molecule has 1 aliphatic carbocycles. The van der Waals surface area contributed by atoms with Gasteiger partial charge in [0, 0.05) is 10.0 Å². The summed E-state index contributed by atoms with van der Waals surface area (Å²) in [5.41, 5.74) is 0.579. The van der Waals surface area contributed by atoms with Gasteiger partial charge in [-0.3, -0.25) is 0 Å². The monoisotopic (exact) mass is 315 g/mol. The third-order valence-corrected chi connectivity index (χ3v) is 3.39. The number of rotatable bonds is 4. The van der Waals surface area contributed by atoms with E-state index in [1.165, 1.54) is 6.07 Å². The van der Waals surface area contributed by atoms with Crippen LogP contribution in [0.3, 0.4) is 0 Å². The van der Waals surface area contributed by atoms with Gasteiger partial charge in [-0.2, -0.15) is 0 Å². The molecule has 17 heavy (non-hydrogen) atoms. The van der Waals surface area contributed by atoms with E-state index in [1.54, 1.807) is 6.07 Å². The fourth-order valence-electron chi connectivity index (χ4n) is 1.70. The molecule has 0 saturated heterocycles. The van der Waals surface area contributed by atoms with Crippen molar-refractivity contribution in [1.29, 1.82) is 0 Å². The molecule has 2 rings (SSSR count). The van der Waals surface area contributed by atoms with Crippen LogP contribution in [0.2, 0.25) is 0 Å². The van der Waals surface area contributed by atoms with Gasteiger partial charge in [0.15, 0.2) is 0 Å². The first-order chi connectivity index (χ1) is 8.19. The molecule has 0 aliphatic heterocycles. The van der Waals surface area contributed by atoms with E-state index in [-0.39, 0.29) is 18.0 Å². The molecule has 0 aromatic heterocycles. The molecule has 0 amide bonds. The summed E-state index contributed by atoms with van der Waals surface area (Å²) in [4.78, 5) is 3.97. The number of nitrogens with zero attached hydrogens (tertiary/aromatic N) is 1. The first-order valence-corrected chi connectivity index (χ1v) is 6.51. The van der Waals surface area contributed by atoms with E-state index in [0.29, 0.717) is 12.2 Å². The van der Waals surface area contributed by atoms with Gasteiger partial charge in [0.1, 0.15) is 5.82 Å². The molecule has 1 fully saturated rings. The number of hydrogen-bond acceptors (Lipinski definition) is 3. The Morgan fingerprint density at radius 2 is 2.29 bits per heavy atom. The first kappa shape index (κ1) is 12.8. The van der Waals surface area contributed by atoms with Crippen LogP contribution < -0.4 is 0 Å². The van der Waals surface area contributed by atoms with Crippen molar-refractivity contribution >= 4 is 33.3 Å². The Bertz CT molecular complexity index is 456. The zero-order valence-corrected chi connectivity index (χ0v) is 11.4. The zero-order valence-electron chi connectivity index (χ0n) is 9.03. The maximum absolute atomic E-state index is 13.5. The van der Waals surface area contributed by atoms with Crippen LogP contribution in [0.1, 0.15) is 18.4 Å². The molecule has 5 heteroatoms. The highest BCUT2D eigenvalue weighted by molar-refractivity contribution is 9.10. The van der Waals surface area contributed by atoms with Crippen molar-refractivity contribution in [1.82, 2.24) is 0 Å². The smallest absolute Gasteiger partial charge is 0.129 e. The average Bonchev–Trinajstić information content (AvgIpc) is 2.23. The number of isothiocyanates is 1. The van der Waals surface area contributed by atoms with Crippen molar-refractivity contribution < 1.29 is 9.13 Å². The molecule has 90 valence electrons. The summed E-state index contributed by atoms with van der Waals surface area (Å²) in [5.74, 6) is -0.243. The molecule has 0 radical (unpaired) electrons. The summed E-state index contributed by atoms with van der Waals surface area (Å²) in [7, 11) is 0. The Balaban J connectivity index is 1.81. The first-order valence-electron chi connectivity index (χ1n) is 5.31. The number of hydrogen-bond donors (Lipinski definition) is 0. The minimum absolute atomic E-state index is 0.162. The lowest BCUT2D eigenvalue weighted by atomic mass is 9.90. The van der Waals surface area contributed by atoms with E-state index >= 15 is 0 Å². The fourth-order valence-corrected chi connectivity index (χ4v) is 2.18. The van der Waals surface area contributed by atoms with E-state index < -0.39 is 0 Å². The van der Waals surface area contributed by atoms with Gasteiger partial charge in [-0.05, 0) is 37.2 Å². The van der Waals surface area contributed by atoms with Crippen molar-refractivity contribution in [2.75, 3.05) is 0 Å². The van der Waals surface area contributed by atoms with Crippen LogP contribution in [0.4, 0.5) is 4.39 Å². The second-order valence-electron chi connectivity index (χ2n) is 4.01. The SMILES string of the molecule is Fc1cc(Br)ccc1COC1CC(N=C=S)C1. The predicted octanol–water partition coefficient (Wildman–Crippen LogP) is 3.74. The third-order valence-electron chi connectivity index (χ3n) is 2.79. The molecule has 0 spiro atoms. The molecule has 2 nitrogen and oxygen atoms in total. The molecular weight excluding hydrogens is 305 g/mol. The molecule has 0 N–H and O–H groups in total. The van der Waals surface area contributed by atoms with E-state index in [9.17, 15) is 4.39 Å². The molecule has 0 unspecified atom stereocenters. The number of halogens is 2. The maximum Gasteiger partial charge on any atom is 0.129 e. The van der Waals surface area contributed by atoms with Crippen molar-refractivity contribution in [2.24, 2.45) is 4.99 Å². The fraction of sp³-hybridized carbons (Fsp3) is 0.417. The van der Waals surface area contributed by atoms with Crippen molar-refractivity contribution in [3.8, 4) is 0 Å². The van der Waals surface area contributed by atoms with Crippen molar-refractivity contribution in [3.63, 3.8) is 0 Å². The van der Waals surface area contributed by atoms with Crippen LogP contribution in [0.25, 0.3) is 0 Å². The Kier molecular flexibility index (Phi) is 4.40. The summed E-state index contributed by atoms with van der Waals surface area (Å²) in [6.07, 6.45) is 1.86. The van der Waals surface area contributed by atoms with Crippen LogP contribution in [0.15, 0.2) is 27.7 Å². The largest absolute Gasteiger partial charge is 0.373 e. The molecule has 0 bridgehead atoms. The Labute approximate surface area is 113 Å². The molecule has 0 heterocycles. The van der Waals surface area contributed by atoms with Crippen LogP contribution in [-0.4, -0.2) is 17.3 Å². The van der Waals surface area contributed by atoms with E-state index in [0.717, 1.165) is 17.3 Å². The standard InChI is InChI=1S/C12H11BrFNOS/c13-9-2-1-8(12(14)3-9)6-16-11-4-10(5-11)15-7-17/h1-3,10-11H,4-6H2. The summed E-state index contributed by atoms with van der Waals surface area (Å²) < 4.78 is 19.8. The lowest BCUT2D eigenvalue weighted by Crippen LogP contribution is -2.34. The van der Waals surface area contributed by atoms with Crippen LogP contribution >= 0.6 is 28.1 Å². The molecule has 1 aromatic rings. The Hall–Kier alpha value is -0.610. The summed E-state index contributed by atoms with van der Waals surface area (Å²) in [5, 5.41) is 2.37. The van der Waals surface area contributed by atoms with Gasteiger partial charge < -0.3 is 4.74 Å². The maximum atomic E-state index is 13.5. The normalized spacial score (nSPS) is 22.7. The van der Waals surface area contributed by atoms with Crippen molar-refractivity contribution in [2.45, 2.75) is 31.6 Å². The third kappa shape index (κ3) is 3.42. The van der Waals surface area contributed by atoms with Gasteiger partial charge in [-0.25, -0.2) is 9.38 Å². The van der Waals surface area contributed by atoms with E-state index in [2.05, 4.69) is 38.3 Å². The molecule has 1 saturated carbocycles.